The lowest BCUT2D eigenvalue weighted by Gasteiger charge is -2.19. The fourth-order valence-corrected chi connectivity index (χ4v) is 2.29. The third-order valence-corrected chi connectivity index (χ3v) is 2.97. The zero-order valence-electron chi connectivity index (χ0n) is 7.91. The number of hydrogen-bond donors (Lipinski definition) is 1. The van der Waals surface area contributed by atoms with E-state index in [1.54, 1.807) is 0 Å². The molecule has 1 aromatic rings. The van der Waals surface area contributed by atoms with Gasteiger partial charge < -0.3 is 5.73 Å². The van der Waals surface area contributed by atoms with Crippen molar-refractivity contribution in [2.75, 3.05) is 5.73 Å². The molecule has 1 aliphatic rings. The number of nitrogen functional groups attached to an aromatic ring is 1. The topological polar surface area (TPSA) is 64.7 Å². The Labute approximate surface area is 91.5 Å². The molecule has 0 aliphatic heterocycles. The molecule has 0 amide bonds. The van der Waals surface area contributed by atoms with Gasteiger partial charge in [-0.15, -0.1) is 0 Å². The lowest BCUT2D eigenvalue weighted by molar-refractivity contribution is 0.427. The number of aromatic nitrogens is 3. The van der Waals surface area contributed by atoms with E-state index in [0.29, 0.717) is 16.6 Å². The third kappa shape index (κ3) is 2.20. The van der Waals surface area contributed by atoms with Crippen LogP contribution in [0.15, 0.2) is 4.73 Å². The van der Waals surface area contributed by atoms with Gasteiger partial charge in [-0.3, -0.25) is 0 Å². The Balaban J connectivity index is 2.21. The summed E-state index contributed by atoms with van der Waals surface area (Å²) in [6.07, 6.45) is 6.23. The molecule has 14 heavy (non-hydrogen) atoms. The summed E-state index contributed by atoms with van der Waals surface area (Å²) in [4.78, 5) is 12.4. The predicted molar refractivity (Wildman–Crippen MR) is 57.8 cm³/mol. The fraction of sp³-hybridized carbons (Fsp3) is 0.667. The highest BCUT2D eigenvalue weighted by Gasteiger charge is 2.19. The lowest BCUT2D eigenvalue weighted by atomic mass is 9.89. The molecule has 2 N–H and O–H groups in total. The summed E-state index contributed by atoms with van der Waals surface area (Å²) in [5.74, 6) is 1.64. The van der Waals surface area contributed by atoms with Crippen LogP contribution in [0.3, 0.4) is 0 Å². The predicted octanol–water partition coefficient (Wildman–Crippen LogP) is 2.26. The average molecular weight is 257 g/mol. The summed E-state index contributed by atoms with van der Waals surface area (Å²) in [5.41, 5.74) is 5.57. The van der Waals surface area contributed by atoms with E-state index in [2.05, 4.69) is 30.9 Å². The number of hydrogen-bond acceptors (Lipinski definition) is 4. The van der Waals surface area contributed by atoms with Crippen molar-refractivity contribution in [2.45, 2.75) is 38.0 Å². The molecule has 0 aromatic carbocycles. The summed E-state index contributed by atoms with van der Waals surface area (Å²) >= 11 is 3.24. The van der Waals surface area contributed by atoms with E-state index in [1.807, 2.05) is 0 Å². The number of nitrogens with two attached hydrogens (primary N) is 1. The van der Waals surface area contributed by atoms with Crippen molar-refractivity contribution in [3.05, 3.63) is 10.6 Å². The Morgan fingerprint density at radius 1 is 1.07 bits per heavy atom. The molecule has 0 bridgehead atoms. The molecule has 0 unspecified atom stereocenters. The van der Waals surface area contributed by atoms with Gasteiger partial charge in [0.1, 0.15) is 5.82 Å². The normalized spacial score (nSPS) is 18.4. The van der Waals surface area contributed by atoms with Gasteiger partial charge in [0.2, 0.25) is 10.7 Å². The van der Waals surface area contributed by atoms with Gasteiger partial charge in [0.15, 0.2) is 0 Å². The van der Waals surface area contributed by atoms with Gasteiger partial charge in [-0.25, -0.2) is 4.98 Å². The first-order chi connectivity index (χ1) is 6.75. The first-order valence-corrected chi connectivity index (χ1v) is 5.72. The van der Waals surface area contributed by atoms with Crippen molar-refractivity contribution >= 4 is 21.9 Å². The average Bonchev–Trinajstić information content (AvgIpc) is 2.18. The molecule has 0 spiro atoms. The maximum Gasteiger partial charge on any atom is 0.224 e. The minimum absolute atomic E-state index is 0.312. The van der Waals surface area contributed by atoms with Crippen LogP contribution in [0.2, 0.25) is 0 Å². The van der Waals surface area contributed by atoms with Crippen molar-refractivity contribution < 1.29 is 0 Å². The third-order valence-electron chi connectivity index (χ3n) is 2.61. The molecule has 4 nitrogen and oxygen atoms in total. The number of nitrogens with zero attached hydrogens (tertiary/aromatic N) is 3. The second kappa shape index (κ2) is 4.21. The minimum atomic E-state index is 0.312. The molecule has 2 rings (SSSR count). The second-order valence-corrected chi connectivity index (χ2v) is 4.37. The van der Waals surface area contributed by atoms with Crippen molar-refractivity contribution in [3.63, 3.8) is 0 Å². The van der Waals surface area contributed by atoms with Crippen molar-refractivity contribution in [2.24, 2.45) is 0 Å². The molecular weight excluding hydrogens is 244 g/mol. The Morgan fingerprint density at radius 2 is 1.79 bits per heavy atom. The number of anilines is 1. The summed E-state index contributed by atoms with van der Waals surface area (Å²) in [6, 6.07) is 0. The van der Waals surface area contributed by atoms with Crippen LogP contribution in [0.4, 0.5) is 5.95 Å². The van der Waals surface area contributed by atoms with Gasteiger partial charge in [-0.1, -0.05) is 19.3 Å². The van der Waals surface area contributed by atoms with Gasteiger partial charge in [0.25, 0.3) is 0 Å². The highest BCUT2D eigenvalue weighted by Crippen LogP contribution is 2.30. The maximum atomic E-state index is 5.57. The van der Waals surface area contributed by atoms with Crippen LogP contribution >= 0.6 is 15.9 Å². The van der Waals surface area contributed by atoms with Crippen molar-refractivity contribution in [3.8, 4) is 0 Å². The van der Waals surface area contributed by atoms with E-state index in [1.165, 1.54) is 32.1 Å². The number of rotatable bonds is 1. The molecule has 0 saturated heterocycles. The van der Waals surface area contributed by atoms with Gasteiger partial charge in [0, 0.05) is 5.92 Å². The standard InChI is InChI=1S/C9H13BrN4/c10-8-12-7(13-9(11)14-8)6-4-2-1-3-5-6/h6H,1-5H2,(H2,11,12,13,14). The van der Waals surface area contributed by atoms with Gasteiger partial charge in [0.05, 0.1) is 0 Å². The molecule has 1 aliphatic carbocycles. The van der Waals surface area contributed by atoms with Crippen LogP contribution in [0.25, 0.3) is 0 Å². The van der Waals surface area contributed by atoms with E-state index >= 15 is 0 Å². The van der Waals surface area contributed by atoms with Crippen molar-refractivity contribution in [1.82, 2.24) is 15.0 Å². The first kappa shape index (κ1) is 9.83. The summed E-state index contributed by atoms with van der Waals surface area (Å²) < 4.78 is 0.547. The highest BCUT2D eigenvalue weighted by molar-refractivity contribution is 9.10. The van der Waals surface area contributed by atoms with Crippen LogP contribution in [0, 0.1) is 0 Å². The Bertz CT molecular complexity index is 302. The van der Waals surface area contributed by atoms with Crippen molar-refractivity contribution in [1.29, 1.82) is 0 Å². The molecule has 1 heterocycles. The summed E-state index contributed by atoms with van der Waals surface area (Å²) in [5, 5.41) is 0. The largest absolute Gasteiger partial charge is 0.368 e. The van der Waals surface area contributed by atoms with Crippen LogP contribution in [-0.4, -0.2) is 15.0 Å². The van der Waals surface area contributed by atoms with Crippen LogP contribution in [0.1, 0.15) is 43.8 Å². The Hall–Kier alpha value is -0.710. The zero-order valence-corrected chi connectivity index (χ0v) is 9.50. The van der Waals surface area contributed by atoms with E-state index in [4.69, 9.17) is 5.73 Å². The minimum Gasteiger partial charge on any atom is -0.368 e. The Kier molecular flexibility index (Phi) is 2.96. The first-order valence-electron chi connectivity index (χ1n) is 4.92. The molecular formula is C9H13BrN4. The van der Waals surface area contributed by atoms with E-state index in [-0.39, 0.29) is 0 Å². The van der Waals surface area contributed by atoms with Gasteiger partial charge in [-0.2, -0.15) is 9.97 Å². The molecule has 5 heteroatoms. The maximum absolute atomic E-state index is 5.57. The highest BCUT2D eigenvalue weighted by atomic mass is 79.9. The summed E-state index contributed by atoms with van der Waals surface area (Å²) in [7, 11) is 0. The Morgan fingerprint density at radius 3 is 2.43 bits per heavy atom. The molecule has 76 valence electrons. The zero-order chi connectivity index (χ0) is 9.97. The SMILES string of the molecule is Nc1nc(Br)nc(C2CCCCC2)n1. The number of halogens is 1. The molecule has 1 aromatic heterocycles. The van der Waals surface area contributed by atoms with E-state index in [9.17, 15) is 0 Å². The second-order valence-electron chi connectivity index (χ2n) is 3.66. The molecule has 0 atom stereocenters. The van der Waals surface area contributed by atoms with Gasteiger partial charge in [-0.05, 0) is 28.8 Å². The van der Waals surface area contributed by atoms with Crippen LogP contribution in [0.5, 0.6) is 0 Å². The van der Waals surface area contributed by atoms with Crippen LogP contribution in [-0.2, 0) is 0 Å². The molecule has 0 radical (unpaired) electrons. The fourth-order valence-electron chi connectivity index (χ4n) is 1.92. The lowest BCUT2D eigenvalue weighted by Crippen LogP contribution is -2.11. The van der Waals surface area contributed by atoms with E-state index < -0.39 is 0 Å². The smallest absolute Gasteiger partial charge is 0.224 e. The summed E-state index contributed by atoms with van der Waals surface area (Å²) in [6.45, 7) is 0. The molecule has 1 saturated carbocycles. The van der Waals surface area contributed by atoms with Crippen LogP contribution < -0.4 is 5.73 Å². The molecule has 1 fully saturated rings. The van der Waals surface area contributed by atoms with Gasteiger partial charge >= 0.3 is 0 Å². The quantitative estimate of drug-likeness (QED) is 0.838. The monoisotopic (exact) mass is 256 g/mol. The van der Waals surface area contributed by atoms with E-state index in [0.717, 1.165) is 5.82 Å².